The largest absolute Gasteiger partial charge is 0.481 e. The number of carboxylic acid groups (broad SMARTS) is 1. The van der Waals surface area contributed by atoms with Crippen molar-refractivity contribution in [2.75, 3.05) is 26.2 Å². The summed E-state index contributed by atoms with van der Waals surface area (Å²) in [5.74, 6) is -1.71. The topological polar surface area (TPSA) is 90.0 Å². The van der Waals surface area contributed by atoms with Crippen molar-refractivity contribution >= 4 is 17.9 Å². The molecule has 0 saturated carbocycles. The van der Waals surface area contributed by atoms with Gasteiger partial charge in [0, 0.05) is 26.2 Å². The summed E-state index contributed by atoms with van der Waals surface area (Å²) >= 11 is 0. The third-order valence-electron chi connectivity index (χ3n) is 5.09. The lowest BCUT2D eigenvalue weighted by Crippen LogP contribution is -2.46. The average molecular weight is 345 g/mol. The lowest BCUT2D eigenvalue weighted by atomic mass is 9.99. The average Bonchev–Trinajstić information content (AvgIpc) is 3.01. The predicted octanol–water partition coefficient (Wildman–Crippen LogP) is 0.933. The molecule has 1 aromatic rings. The molecule has 2 N–H and O–H groups in total. The molecule has 1 aromatic carbocycles. The van der Waals surface area contributed by atoms with E-state index in [9.17, 15) is 14.4 Å². The van der Waals surface area contributed by atoms with Gasteiger partial charge < -0.3 is 20.2 Å². The van der Waals surface area contributed by atoms with E-state index in [-0.39, 0.29) is 30.9 Å². The first-order valence-corrected chi connectivity index (χ1v) is 8.56. The molecule has 0 spiro atoms. The Morgan fingerprint density at radius 3 is 2.56 bits per heavy atom. The van der Waals surface area contributed by atoms with Gasteiger partial charge in [-0.25, -0.2) is 4.79 Å². The van der Waals surface area contributed by atoms with Crippen molar-refractivity contribution in [3.63, 3.8) is 0 Å². The third kappa shape index (κ3) is 3.75. The van der Waals surface area contributed by atoms with Gasteiger partial charge in [0.15, 0.2) is 0 Å². The molecule has 7 heteroatoms. The highest BCUT2D eigenvalue weighted by molar-refractivity contribution is 5.85. The summed E-state index contributed by atoms with van der Waals surface area (Å²) in [6, 6.07) is 7.77. The molecule has 1 saturated heterocycles. The molecule has 2 atom stereocenters. The highest BCUT2D eigenvalue weighted by Gasteiger charge is 2.36. The van der Waals surface area contributed by atoms with Crippen LogP contribution in [0.15, 0.2) is 24.3 Å². The van der Waals surface area contributed by atoms with Crippen molar-refractivity contribution in [2.45, 2.75) is 19.9 Å². The van der Waals surface area contributed by atoms with E-state index in [4.69, 9.17) is 5.11 Å². The Labute approximate surface area is 146 Å². The molecule has 2 aliphatic rings. The lowest BCUT2D eigenvalue weighted by Gasteiger charge is -2.29. The number of carbonyl (C=O) groups excluding carboxylic acids is 2. The molecular weight excluding hydrogens is 322 g/mol. The summed E-state index contributed by atoms with van der Waals surface area (Å²) in [5, 5.41) is 11.8. The van der Waals surface area contributed by atoms with E-state index in [0.717, 1.165) is 12.0 Å². The van der Waals surface area contributed by atoms with Gasteiger partial charge >= 0.3 is 12.0 Å². The quantitative estimate of drug-likeness (QED) is 0.853. The molecule has 2 aliphatic heterocycles. The Hall–Kier alpha value is -2.57. The third-order valence-corrected chi connectivity index (χ3v) is 5.09. The van der Waals surface area contributed by atoms with Gasteiger partial charge in [0.05, 0.1) is 12.5 Å². The fourth-order valence-corrected chi connectivity index (χ4v) is 3.54. The van der Waals surface area contributed by atoms with E-state index in [1.165, 1.54) is 10.5 Å². The number of hydrogen-bond donors (Lipinski definition) is 2. The second-order valence-electron chi connectivity index (χ2n) is 6.82. The zero-order valence-corrected chi connectivity index (χ0v) is 14.3. The number of rotatable bonds is 3. The summed E-state index contributed by atoms with van der Waals surface area (Å²) < 4.78 is 0. The van der Waals surface area contributed by atoms with Gasteiger partial charge in [-0.1, -0.05) is 31.2 Å². The van der Waals surface area contributed by atoms with Gasteiger partial charge in [0.2, 0.25) is 5.91 Å². The SMILES string of the molecule is C[C@@H]1CN(C(=O)CNC(=O)N2CCc3ccccc3C2)C[C@H]1C(=O)O. The monoisotopic (exact) mass is 345 g/mol. The van der Waals surface area contributed by atoms with E-state index in [0.29, 0.717) is 19.6 Å². The first-order chi connectivity index (χ1) is 12.0. The number of nitrogens with zero attached hydrogens (tertiary/aromatic N) is 2. The van der Waals surface area contributed by atoms with Gasteiger partial charge in [-0.3, -0.25) is 9.59 Å². The van der Waals surface area contributed by atoms with Crippen LogP contribution in [0.1, 0.15) is 18.1 Å². The maximum Gasteiger partial charge on any atom is 0.318 e. The summed E-state index contributed by atoms with van der Waals surface area (Å²) in [5.41, 5.74) is 2.39. The predicted molar refractivity (Wildman–Crippen MR) is 90.8 cm³/mol. The van der Waals surface area contributed by atoms with Crippen LogP contribution in [0.5, 0.6) is 0 Å². The molecule has 3 rings (SSSR count). The molecule has 0 aromatic heterocycles. The number of amides is 3. The van der Waals surface area contributed by atoms with Gasteiger partial charge in [-0.05, 0) is 23.5 Å². The normalized spacial score (nSPS) is 22.4. The minimum Gasteiger partial charge on any atom is -0.481 e. The molecule has 7 nitrogen and oxygen atoms in total. The fourth-order valence-electron chi connectivity index (χ4n) is 3.54. The first kappa shape index (κ1) is 17.3. The fraction of sp³-hybridized carbons (Fsp3) is 0.500. The Morgan fingerprint density at radius 2 is 1.88 bits per heavy atom. The van der Waals surface area contributed by atoms with Crippen molar-refractivity contribution in [1.82, 2.24) is 15.1 Å². The number of aliphatic carboxylic acids is 1. The molecule has 0 aliphatic carbocycles. The summed E-state index contributed by atoms with van der Waals surface area (Å²) in [7, 11) is 0. The van der Waals surface area contributed by atoms with Crippen molar-refractivity contribution in [1.29, 1.82) is 0 Å². The maximum absolute atomic E-state index is 12.3. The van der Waals surface area contributed by atoms with Crippen LogP contribution in [-0.2, 0) is 22.6 Å². The van der Waals surface area contributed by atoms with E-state index >= 15 is 0 Å². The lowest BCUT2D eigenvalue weighted by molar-refractivity contribution is -0.142. The second kappa shape index (κ2) is 7.13. The van der Waals surface area contributed by atoms with Crippen LogP contribution in [0.3, 0.4) is 0 Å². The molecule has 1 fully saturated rings. The summed E-state index contributed by atoms with van der Waals surface area (Å²) in [4.78, 5) is 38.9. The Bertz CT molecular complexity index is 691. The van der Waals surface area contributed by atoms with Gasteiger partial charge in [0.25, 0.3) is 0 Å². The van der Waals surface area contributed by atoms with E-state index in [2.05, 4.69) is 11.4 Å². The van der Waals surface area contributed by atoms with Crippen LogP contribution in [0.25, 0.3) is 0 Å². The van der Waals surface area contributed by atoms with Crippen LogP contribution in [0.4, 0.5) is 4.79 Å². The summed E-state index contributed by atoms with van der Waals surface area (Å²) in [6.45, 7) is 3.52. The van der Waals surface area contributed by atoms with Crippen LogP contribution in [0.2, 0.25) is 0 Å². The van der Waals surface area contributed by atoms with Crippen molar-refractivity contribution in [3.8, 4) is 0 Å². The first-order valence-electron chi connectivity index (χ1n) is 8.56. The van der Waals surface area contributed by atoms with E-state index in [1.54, 1.807) is 4.90 Å². The Kier molecular flexibility index (Phi) is 4.92. The zero-order chi connectivity index (χ0) is 18.0. The van der Waals surface area contributed by atoms with Gasteiger partial charge in [0.1, 0.15) is 0 Å². The molecule has 2 heterocycles. The molecular formula is C18H23N3O4. The minimum atomic E-state index is -0.876. The molecule has 3 amide bonds. The number of likely N-dealkylation sites (tertiary alicyclic amines) is 1. The number of carbonyl (C=O) groups is 3. The number of nitrogens with one attached hydrogen (secondary N) is 1. The van der Waals surface area contributed by atoms with Crippen molar-refractivity contribution in [3.05, 3.63) is 35.4 Å². The van der Waals surface area contributed by atoms with Crippen LogP contribution in [-0.4, -0.2) is 59.0 Å². The van der Waals surface area contributed by atoms with Crippen LogP contribution in [0, 0.1) is 11.8 Å². The van der Waals surface area contributed by atoms with Crippen LogP contribution < -0.4 is 5.32 Å². The molecule has 0 unspecified atom stereocenters. The van der Waals surface area contributed by atoms with Crippen molar-refractivity contribution < 1.29 is 19.5 Å². The number of carboxylic acids is 1. The van der Waals surface area contributed by atoms with E-state index < -0.39 is 11.9 Å². The molecule has 0 radical (unpaired) electrons. The number of urea groups is 1. The molecule has 134 valence electrons. The highest BCUT2D eigenvalue weighted by atomic mass is 16.4. The second-order valence-corrected chi connectivity index (χ2v) is 6.82. The standard InChI is InChI=1S/C18H23N3O4/c1-12-9-21(11-15(12)17(23)24)16(22)8-19-18(25)20-7-6-13-4-2-3-5-14(13)10-20/h2-5,12,15H,6-11H2,1H3,(H,19,25)(H,23,24)/t12-,15-/m1/s1. The zero-order valence-electron chi connectivity index (χ0n) is 14.3. The number of hydrogen-bond acceptors (Lipinski definition) is 3. The van der Waals surface area contributed by atoms with E-state index in [1.807, 2.05) is 25.1 Å². The summed E-state index contributed by atoms with van der Waals surface area (Å²) in [6.07, 6.45) is 0.807. The molecule has 0 bridgehead atoms. The Morgan fingerprint density at radius 1 is 1.16 bits per heavy atom. The van der Waals surface area contributed by atoms with Crippen LogP contribution >= 0.6 is 0 Å². The molecule has 25 heavy (non-hydrogen) atoms. The van der Waals surface area contributed by atoms with Crippen molar-refractivity contribution in [2.24, 2.45) is 11.8 Å². The number of fused-ring (bicyclic) bond motifs is 1. The highest BCUT2D eigenvalue weighted by Crippen LogP contribution is 2.23. The van der Waals surface area contributed by atoms with Gasteiger partial charge in [-0.15, -0.1) is 0 Å². The maximum atomic E-state index is 12.3. The van der Waals surface area contributed by atoms with Gasteiger partial charge in [-0.2, -0.15) is 0 Å². The smallest absolute Gasteiger partial charge is 0.318 e. The minimum absolute atomic E-state index is 0.0734. The Balaban J connectivity index is 1.50. The number of benzene rings is 1.